The molecule has 0 amide bonds. The first-order valence-corrected chi connectivity index (χ1v) is 8.49. The predicted octanol–water partition coefficient (Wildman–Crippen LogP) is 1.56. The van der Waals surface area contributed by atoms with E-state index in [1.54, 1.807) is 12.1 Å². The second-order valence-electron chi connectivity index (χ2n) is 2.99. The normalized spacial score (nSPS) is 11.9. The number of rotatable bonds is 5. The van der Waals surface area contributed by atoms with Gasteiger partial charge in [0.15, 0.2) is 0 Å². The van der Waals surface area contributed by atoms with E-state index in [0.717, 1.165) is 0 Å². The molecule has 0 fully saturated rings. The highest BCUT2D eigenvalue weighted by Crippen LogP contribution is 2.19. The molecule has 1 aromatic rings. The number of nitrogens with one attached hydrogen (secondary N) is 1. The lowest BCUT2D eigenvalue weighted by molar-refractivity contribution is 0.586. The highest BCUT2D eigenvalue weighted by molar-refractivity contribution is 8.16. The topological polar surface area (TPSA) is 72.2 Å². The van der Waals surface area contributed by atoms with Crippen LogP contribution in [0.25, 0.3) is 0 Å². The Hall–Kier alpha value is -0.370. The molecule has 0 atom stereocenters. The van der Waals surface area contributed by atoms with Crippen LogP contribution in [0.5, 0.6) is 0 Å². The number of hydrogen-bond acceptors (Lipinski definition) is 5. The molecule has 0 saturated heterocycles. The Labute approximate surface area is 104 Å². The van der Waals surface area contributed by atoms with Crippen molar-refractivity contribution in [2.24, 2.45) is 0 Å². The third-order valence-corrected chi connectivity index (χ3v) is 5.85. The van der Waals surface area contributed by atoms with E-state index in [4.69, 9.17) is 5.73 Å². The quantitative estimate of drug-likeness (QED) is 0.631. The van der Waals surface area contributed by atoms with Crippen LogP contribution in [-0.4, -0.2) is 25.6 Å². The molecule has 0 aliphatic carbocycles. The molecule has 7 heteroatoms. The van der Waals surface area contributed by atoms with Crippen molar-refractivity contribution in [2.75, 3.05) is 18.2 Å². The van der Waals surface area contributed by atoms with Crippen LogP contribution in [0.2, 0.25) is 0 Å². The standard InChI is InChI=1S/C9H14N2O2S3/c1-14-9(15-2)11-16(12,13)8-5-3-7(10)4-6-8/h3-6,9,11H,10H2,1-2H3. The Morgan fingerprint density at radius 1 is 1.19 bits per heavy atom. The molecule has 0 unspecified atom stereocenters. The highest BCUT2D eigenvalue weighted by atomic mass is 32.2. The summed E-state index contributed by atoms with van der Waals surface area (Å²) < 4.78 is 26.2. The fourth-order valence-corrected chi connectivity index (χ4v) is 4.22. The Kier molecular flexibility index (Phi) is 4.97. The first kappa shape index (κ1) is 13.7. The van der Waals surface area contributed by atoms with Crippen LogP contribution in [0.1, 0.15) is 0 Å². The third kappa shape index (κ3) is 3.58. The highest BCUT2D eigenvalue weighted by Gasteiger charge is 2.18. The lowest BCUT2D eigenvalue weighted by Crippen LogP contribution is -2.29. The van der Waals surface area contributed by atoms with Gasteiger partial charge in [0.2, 0.25) is 10.0 Å². The molecule has 16 heavy (non-hydrogen) atoms. The molecule has 3 N–H and O–H groups in total. The van der Waals surface area contributed by atoms with Gasteiger partial charge >= 0.3 is 0 Å². The van der Waals surface area contributed by atoms with Crippen molar-refractivity contribution in [3.63, 3.8) is 0 Å². The number of hydrogen-bond donors (Lipinski definition) is 2. The van der Waals surface area contributed by atoms with E-state index in [1.807, 2.05) is 12.5 Å². The minimum absolute atomic E-state index is 0.178. The lowest BCUT2D eigenvalue weighted by atomic mass is 10.3. The van der Waals surface area contributed by atoms with E-state index in [1.165, 1.54) is 35.7 Å². The second-order valence-corrected chi connectivity index (χ2v) is 6.89. The van der Waals surface area contributed by atoms with Gasteiger partial charge in [0.1, 0.15) is 4.71 Å². The summed E-state index contributed by atoms with van der Waals surface area (Å²) in [6.45, 7) is 0. The predicted molar refractivity (Wildman–Crippen MR) is 72.0 cm³/mol. The zero-order chi connectivity index (χ0) is 12.2. The Bertz CT molecular complexity index is 427. The van der Waals surface area contributed by atoms with Crippen molar-refractivity contribution in [1.82, 2.24) is 4.72 Å². The molecule has 1 rings (SSSR count). The first-order chi connectivity index (χ1) is 7.49. The molecule has 0 heterocycles. The van der Waals surface area contributed by atoms with E-state index in [0.29, 0.717) is 5.69 Å². The number of thioether (sulfide) groups is 2. The molecule has 0 saturated carbocycles. The number of nitrogen functional groups attached to an aromatic ring is 1. The molecule has 0 radical (unpaired) electrons. The van der Waals surface area contributed by atoms with Gasteiger partial charge in [0.05, 0.1) is 4.90 Å². The molecular weight excluding hydrogens is 264 g/mol. The van der Waals surface area contributed by atoms with Crippen LogP contribution in [0.3, 0.4) is 0 Å². The summed E-state index contributed by atoms with van der Waals surface area (Å²) in [5.74, 6) is 0. The maximum atomic E-state index is 11.9. The van der Waals surface area contributed by atoms with E-state index in [9.17, 15) is 8.42 Å². The molecule has 0 aromatic heterocycles. The summed E-state index contributed by atoms with van der Waals surface area (Å²) in [4.78, 5) is 0.231. The number of anilines is 1. The summed E-state index contributed by atoms with van der Waals surface area (Å²) >= 11 is 2.89. The van der Waals surface area contributed by atoms with Crippen LogP contribution >= 0.6 is 23.5 Å². The number of benzene rings is 1. The van der Waals surface area contributed by atoms with E-state index >= 15 is 0 Å². The molecule has 0 aliphatic heterocycles. The van der Waals surface area contributed by atoms with Gasteiger partial charge < -0.3 is 5.73 Å². The van der Waals surface area contributed by atoms with Gasteiger partial charge in [0, 0.05) is 5.69 Å². The van der Waals surface area contributed by atoms with Crippen molar-refractivity contribution >= 4 is 39.2 Å². The molecular formula is C9H14N2O2S3. The van der Waals surface area contributed by atoms with Crippen LogP contribution in [0, 0.1) is 0 Å². The molecule has 1 aromatic carbocycles. The molecule has 0 aliphatic rings. The summed E-state index contributed by atoms with van der Waals surface area (Å²) in [5.41, 5.74) is 6.05. The van der Waals surface area contributed by atoms with Gasteiger partial charge in [0.25, 0.3) is 0 Å². The average Bonchev–Trinajstić information content (AvgIpc) is 2.26. The Morgan fingerprint density at radius 2 is 1.69 bits per heavy atom. The van der Waals surface area contributed by atoms with Crippen LogP contribution in [-0.2, 0) is 10.0 Å². The molecule has 4 nitrogen and oxygen atoms in total. The largest absolute Gasteiger partial charge is 0.399 e. The monoisotopic (exact) mass is 278 g/mol. The van der Waals surface area contributed by atoms with Crippen molar-refractivity contribution in [2.45, 2.75) is 9.60 Å². The van der Waals surface area contributed by atoms with Gasteiger partial charge in [-0.2, -0.15) is 4.72 Å². The second kappa shape index (κ2) is 5.81. The van der Waals surface area contributed by atoms with Crippen molar-refractivity contribution in [1.29, 1.82) is 0 Å². The number of sulfonamides is 1. The Balaban J connectivity index is 2.89. The number of nitrogens with two attached hydrogens (primary N) is 1. The van der Waals surface area contributed by atoms with Gasteiger partial charge in [-0.1, -0.05) is 0 Å². The molecule has 90 valence electrons. The maximum Gasteiger partial charge on any atom is 0.242 e. The fourth-order valence-electron chi connectivity index (χ4n) is 1.03. The summed E-state index contributed by atoms with van der Waals surface area (Å²) in [6, 6.07) is 6.13. The van der Waals surface area contributed by atoms with Gasteiger partial charge in [-0.3, -0.25) is 0 Å². The lowest BCUT2D eigenvalue weighted by Gasteiger charge is -2.13. The van der Waals surface area contributed by atoms with E-state index < -0.39 is 10.0 Å². The Morgan fingerprint density at radius 3 is 2.12 bits per heavy atom. The van der Waals surface area contributed by atoms with Crippen LogP contribution in [0.15, 0.2) is 29.2 Å². The first-order valence-electron chi connectivity index (χ1n) is 4.43. The smallest absolute Gasteiger partial charge is 0.242 e. The third-order valence-electron chi connectivity index (χ3n) is 1.87. The van der Waals surface area contributed by atoms with Crippen molar-refractivity contribution in [3.8, 4) is 0 Å². The minimum atomic E-state index is -3.45. The summed E-state index contributed by atoms with van der Waals surface area (Å²) in [6.07, 6.45) is 3.71. The summed E-state index contributed by atoms with van der Waals surface area (Å²) in [7, 11) is -3.45. The van der Waals surface area contributed by atoms with E-state index in [2.05, 4.69) is 4.72 Å². The van der Waals surface area contributed by atoms with Crippen molar-refractivity contribution in [3.05, 3.63) is 24.3 Å². The van der Waals surface area contributed by atoms with Gasteiger partial charge in [-0.05, 0) is 36.8 Å². The van der Waals surface area contributed by atoms with Gasteiger partial charge in [-0.25, -0.2) is 8.42 Å². The SMILES string of the molecule is CSC(NS(=O)(=O)c1ccc(N)cc1)SC. The summed E-state index contributed by atoms with van der Waals surface area (Å²) in [5, 5.41) is 0. The van der Waals surface area contributed by atoms with Crippen LogP contribution < -0.4 is 10.5 Å². The van der Waals surface area contributed by atoms with E-state index in [-0.39, 0.29) is 9.60 Å². The van der Waals surface area contributed by atoms with Crippen molar-refractivity contribution < 1.29 is 8.42 Å². The zero-order valence-electron chi connectivity index (χ0n) is 9.01. The minimum Gasteiger partial charge on any atom is -0.399 e. The maximum absolute atomic E-state index is 11.9. The molecule has 0 spiro atoms. The average molecular weight is 278 g/mol. The zero-order valence-corrected chi connectivity index (χ0v) is 11.5. The fraction of sp³-hybridized carbons (Fsp3) is 0.333. The van der Waals surface area contributed by atoms with Gasteiger partial charge in [-0.15, -0.1) is 23.5 Å². The van der Waals surface area contributed by atoms with Crippen LogP contribution in [0.4, 0.5) is 5.69 Å². The molecule has 0 bridgehead atoms.